The molecule has 0 amide bonds. The number of hydrogen-bond acceptors (Lipinski definition) is 4. The third kappa shape index (κ3) is 3.82. The van der Waals surface area contributed by atoms with Crippen LogP contribution in [-0.4, -0.2) is 25.5 Å². The lowest BCUT2D eigenvalue weighted by Gasteiger charge is -2.09. The molecule has 0 bridgehead atoms. The third-order valence-corrected chi connectivity index (χ3v) is 1.95. The number of methoxy groups -OCH3 is 1. The summed E-state index contributed by atoms with van der Waals surface area (Å²) < 4.78 is 32.6. The third-order valence-electron chi connectivity index (χ3n) is 1.95. The second-order valence-corrected chi connectivity index (χ2v) is 3.08. The number of Topliss-reactive ketones (excluding diaryl/α,β-unsaturated/α-hetero) is 1. The van der Waals surface area contributed by atoms with Crippen molar-refractivity contribution in [2.75, 3.05) is 7.11 Å². The molecule has 0 unspecified atom stereocenters. The van der Waals surface area contributed by atoms with Gasteiger partial charge in [0, 0.05) is 12.0 Å². The van der Waals surface area contributed by atoms with Gasteiger partial charge in [0.2, 0.25) is 5.78 Å². The number of ketones is 1. The number of carbonyl (C=O) groups is 2. The van der Waals surface area contributed by atoms with Crippen LogP contribution in [0.1, 0.15) is 5.56 Å². The molecule has 1 rings (SSSR count). The van der Waals surface area contributed by atoms with E-state index in [1.165, 1.54) is 18.2 Å². The molecule has 0 N–H and O–H groups in total. The number of esters is 1. The average molecular weight is 244 g/mol. The molecule has 17 heavy (non-hydrogen) atoms. The largest absolute Gasteiger partial charge is 0.463 e. The van der Waals surface area contributed by atoms with Crippen molar-refractivity contribution in [3.63, 3.8) is 0 Å². The number of alkyl halides is 2. The molecular formula is C11H10F2O4. The van der Waals surface area contributed by atoms with E-state index >= 15 is 0 Å². The first-order chi connectivity index (χ1) is 8.04. The van der Waals surface area contributed by atoms with Gasteiger partial charge in [-0.25, -0.2) is 4.79 Å². The maximum atomic E-state index is 12.1. The van der Waals surface area contributed by atoms with Gasteiger partial charge < -0.3 is 9.47 Å². The zero-order valence-electron chi connectivity index (χ0n) is 8.98. The first-order valence-corrected chi connectivity index (χ1v) is 4.68. The van der Waals surface area contributed by atoms with Crippen molar-refractivity contribution in [3.8, 4) is 5.75 Å². The van der Waals surface area contributed by atoms with Crippen LogP contribution < -0.4 is 4.74 Å². The van der Waals surface area contributed by atoms with Gasteiger partial charge >= 0.3 is 12.6 Å². The highest BCUT2D eigenvalue weighted by molar-refractivity contribution is 6.34. The summed E-state index contributed by atoms with van der Waals surface area (Å²) in [4.78, 5) is 22.2. The summed E-state index contributed by atoms with van der Waals surface area (Å²) in [5, 5.41) is 0. The summed E-state index contributed by atoms with van der Waals surface area (Å²) in [6.07, 6.45) is -0.338. The highest BCUT2D eigenvalue weighted by Gasteiger charge is 2.17. The maximum absolute atomic E-state index is 12.1. The Morgan fingerprint density at radius 3 is 2.53 bits per heavy atom. The number of benzene rings is 1. The number of para-hydroxylation sites is 1. The Labute approximate surface area is 96.1 Å². The van der Waals surface area contributed by atoms with Crippen LogP contribution in [0, 0.1) is 0 Å². The van der Waals surface area contributed by atoms with E-state index in [1.54, 1.807) is 6.07 Å². The van der Waals surface area contributed by atoms with Gasteiger partial charge in [-0.15, -0.1) is 0 Å². The summed E-state index contributed by atoms with van der Waals surface area (Å²) in [5.41, 5.74) is 0.211. The Bertz CT molecular complexity index is 418. The van der Waals surface area contributed by atoms with Crippen LogP contribution in [0.25, 0.3) is 0 Å². The molecule has 0 aliphatic carbocycles. The Hall–Kier alpha value is -1.98. The molecule has 0 saturated heterocycles. The van der Waals surface area contributed by atoms with Crippen LogP contribution in [-0.2, 0) is 20.7 Å². The number of carbonyl (C=O) groups excluding carboxylic acids is 2. The minimum absolute atomic E-state index is 0.125. The lowest BCUT2D eigenvalue weighted by atomic mass is 10.1. The van der Waals surface area contributed by atoms with Gasteiger partial charge in [-0.1, -0.05) is 18.2 Å². The van der Waals surface area contributed by atoms with E-state index in [9.17, 15) is 18.4 Å². The second kappa shape index (κ2) is 5.93. The maximum Gasteiger partial charge on any atom is 0.387 e. The van der Waals surface area contributed by atoms with Crippen LogP contribution in [0.3, 0.4) is 0 Å². The molecule has 0 atom stereocenters. The zero-order chi connectivity index (χ0) is 12.8. The highest BCUT2D eigenvalue weighted by Crippen LogP contribution is 2.20. The Balaban J connectivity index is 2.83. The van der Waals surface area contributed by atoms with Crippen LogP contribution in [0.5, 0.6) is 5.75 Å². The van der Waals surface area contributed by atoms with Crippen LogP contribution >= 0.6 is 0 Å². The SMILES string of the molecule is COC(=O)C(=O)Cc1ccccc1OC(F)F. The number of ether oxygens (including phenoxy) is 2. The molecule has 1 aromatic rings. The topological polar surface area (TPSA) is 52.6 Å². The quantitative estimate of drug-likeness (QED) is 0.582. The van der Waals surface area contributed by atoms with E-state index in [1.807, 2.05) is 0 Å². The summed E-state index contributed by atoms with van der Waals surface area (Å²) >= 11 is 0. The molecule has 0 aliphatic heterocycles. The van der Waals surface area contributed by atoms with Crippen molar-refractivity contribution in [3.05, 3.63) is 29.8 Å². The Kier molecular flexibility index (Phi) is 4.56. The normalized spacial score (nSPS) is 10.1. The zero-order valence-corrected chi connectivity index (χ0v) is 8.98. The predicted octanol–water partition coefficient (Wildman–Crippen LogP) is 1.57. The molecule has 92 valence electrons. The van der Waals surface area contributed by atoms with Gasteiger partial charge in [0.15, 0.2) is 0 Å². The van der Waals surface area contributed by atoms with Crippen molar-refractivity contribution in [2.24, 2.45) is 0 Å². The minimum atomic E-state index is -2.98. The van der Waals surface area contributed by atoms with Crippen LogP contribution in [0.15, 0.2) is 24.3 Å². The summed E-state index contributed by atoms with van der Waals surface area (Å²) in [6, 6.07) is 5.77. The smallest absolute Gasteiger partial charge is 0.387 e. The molecule has 0 spiro atoms. The summed E-state index contributed by atoms with van der Waals surface area (Å²) in [7, 11) is 1.07. The molecule has 0 heterocycles. The lowest BCUT2D eigenvalue weighted by Crippen LogP contribution is -2.18. The van der Waals surface area contributed by atoms with Gasteiger partial charge in [0.05, 0.1) is 7.11 Å². The number of hydrogen-bond donors (Lipinski definition) is 0. The second-order valence-electron chi connectivity index (χ2n) is 3.08. The van der Waals surface area contributed by atoms with Gasteiger partial charge in [-0.3, -0.25) is 4.79 Å². The standard InChI is InChI=1S/C11H10F2O4/c1-16-10(15)8(14)6-7-4-2-3-5-9(7)17-11(12)13/h2-5,11H,6H2,1H3. The van der Waals surface area contributed by atoms with E-state index in [0.717, 1.165) is 7.11 Å². The van der Waals surface area contributed by atoms with Gasteiger partial charge in [-0.2, -0.15) is 8.78 Å². The van der Waals surface area contributed by atoms with E-state index < -0.39 is 18.4 Å². The number of halogens is 2. The van der Waals surface area contributed by atoms with Crippen molar-refractivity contribution in [2.45, 2.75) is 13.0 Å². The van der Waals surface area contributed by atoms with E-state index in [0.29, 0.717) is 0 Å². The summed E-state index contributed by atoms with van der Waals surface area (Å²) in [6.45, 7) is -2.98. The van der Waals surface area contributed by atoms with Gasteiger partial charge in [-0.05, 0) is 6.07 Å². The monoisotopic (exact) mass is 244 g/mol. The molecule has 0 aliphatic rings. The van der Waals surface area contributed by atoms with Crippen molar-refractivity contribution in [1.29, 1.82) is 0 Å². The van der Waals surface area contributed by atoms with Gasteiger partial charge in [0.25, 0.3) is 0 Å². The molecular weight excluding hydrogens is 234 g/mol. The first-order valence-electron chi connectivity index (χ1n) is 4.68. The average Bonchev–Trinajstić information content (AvgIpc) is 2.29. The molecule has 6 heteroatoms. The minimum Gasteiger partial charge on any atom is -0.463 e. The van der Waals surface area contributed by atoms with Crippen molar-refractivity contribution in [1.82, 2.24) is 0 Å². The fourth-order valence-corrected chi connectivity index (χ4v) is 1.22. The fourth-order valence-electron chi connectivity index (χ4n) is 1.22. The highest BCUT2D eigenvalue weighted by atomic mass is 19.3. The molecule has 1 aromatic carbocycles. The molecule has 0 saturated carbocycles. The van der Waals surface area contributed by atoms with Crippen molar-refractivity contribution >= 4 is 11.8 Å². The first kappa shape index (κ1) is 13.1. The molecule has 0 aromatic heterocycles. The van der Waals surface area contributed by atoms with Crippen molar-refractivity contribution < 1.29 is 27.8 Å². The Morgan fingerprint density at radius 1 is 1.29 bits per heavy atom. The molecule has 0 radical (unpaired) electrons. The van der Waals surface area contributed by atoms with Gasteiger partial charge in [0.1, 0.15) is 5.75 Å². The van der Waals surface area contributed by atoms with E-state index in [4.69, 9.17) is 0 Å². The van der Waals surface area contributed by atoms with E-state index in [2.05, 4.69) is 9.47 Å². The lowest BCUT2D eigenvalue weighted by molar-refractivity contribution is -0.151. The van der Waals surface area contributed by atoms with Crippen LogP contribution in [0.4, 0.5) is 8.78 Å². The Morgan fingerprint density at radius 2 is 1.94 bits per heavy atom. The van der Waals surface area contributed by atoms with E-state index in [-0.39, 0.29) is 17.7 Å². The fraction of sp³-hybridized carbons (Fsp3) is 0.273. The van der Waals surface area contributed by atoms with Crippen LogP contribution in [0.2, 0.25) is 0 Å². The number of rotatable bonds is 5. The summed E-state index contributed by atoms with van der Waals surface area (Å²) in [5.74, 6) is -1.96. The molecule has 0 fully saturated rings. The predicted molar refractivity (Wildman–Crippen MR) is 53.8 cm³/mol. The molecule has 4 nitrogen and oxygen atoms in total.